The average Bonchev–Trinajstić information content (AvgIpc) is 3.06. The Morgan fingerprint density at radius 1 is 1.35 bits per heavy atom. The monoisotopic (exact) mass is 313 g/mol. The van der Waals surface area contributed by atoms with Crippen LogP contribution in [0.15, 0.2) is 22.7 Å². The maximum absolute atomic E-state index is 12.2. The van der Waals surface area contributed by atoms with Gasteiger partial charge in [0.25, 0.3) is 5.91 Å². The molecule has 1 N–H and O–H groups in total. The second-order valence-electron chi connectivity index (χ2n) is 6.18. The Labute approximate surface area is 136 Å². The number of nitrogens with one attached hydrogen (secondary N) is 1. The number of carbonyl (C=O) groups excluding carboxylic acids is 1. The third-order valence-corrected chi connectivity index (χ3v) is 4.38. The molecule has 0 spiro atoms. The van der Waals surface area contributed by atoms with Crippen LogP contribution >= 0.6 is 0 Å². The van der Waals surface area contributed by atoms with Crippen molar-refractivity contribution in [2.45, 2.75) is 33.6 Å². The van der Waals surface area contributed by atoms with Gasteiger partial charge < -0.3 is 14.7 Å². The Hall–Kier alpha value is -2.30. The summed E-state index contributed by atoms with van der Waals surface area (Å²) in [5.74, 6) is 0.475. The molecule has 0 bridgehead atoms. The molecule has 0 atom stereocenters. The van der Waals surface area contributed by atoms with Crippen molar-refractivity contribution in [3.05, 3.63) is 46.3 Å². The first kappa shape index (κ1) is 15.6. The van der Waals surface area contributed by atoms with E-state index in [0.29, 0.717) is 23.6 Å². The lowest BCUT2D eigenvalue weighted by molar-refractivity contribution is 0.0951. The minimum Gasteiger partial charge on any atom is -0.371 e. The fourth-order valence-electron chi connectivity index (χ4n) is 3.20. The molecule has 0 radical (unpaired) electrons. The fraction of sp³-hybridized carbons (Fsp3) is 0.444. The molecular formula is C18H23N3O2. The highest BCUT2D eigenvalue weighted by atomic mass is 16.5. The van der Waals surface area contributed by atoms with Gasteiger partial charge in [-0.3, -0.25) is 4.79 Å². The molecule has 2 aromatic rings. The summed E-state index contributed by atoms with van der Waals surface area (Å²) in [6.45, 7) is 8.36. The van der Waals surface area contributed by atoms with Crippen molar-refractivity contribution < 1.29 is 9.32 Å². The van der Waals surface area contributed by atoms with E-state index in [-0.39, 0.29) is 5.91 Å². The number of anilines is 1. The van der Waals surface area contributed by atoms with Crippen molar-refractivity contribution in [2.24, 2.45) is 0 Å². The van der Waals surface area contributed by atoms with Crippen LogP contribution in [-0.2, 0) is 6.42 Å². The molecule has 1 amide bonds. The molecule has 5 heteroatoms. The molecule has 3 rings (SSSR count). The Morgan fingerprint density at radius 3 is 2.91 bits per heavy atom. The van der Waals surface area contributed by atoms with E-state index in [4.69, 9.17) is 4.52 Å². The molecular weight excluding hydrogens is 290 g/mol. The maximum atomic E-state index is 12.2. The van der Waals surface area contributed by atoms with Crippen LogP contribution in [0.25, 0.3) is 0 Å². The minimum absolute atomic E-state index is 0.0984. The highest BCUT2D eigenvalue weighted by molar-refractivity contribution is 5.96. The topological polar surface area (TPSA) is 58.4 Å². The first-order valence-corrected chi connectivity index (χ1v) is 8.12. The van der Waals surface area contributed by atoms with Crippen molar-refractivity contribution in [2.75, 3.05) is 24.5 Å². The number of carbonyl (C=O) groups is 1. The third kappa shape index (κ3) is 3.23. The van der Waals surface area contributed by atoms with Gasteiger partial charge in [-0.2, -0.15) is 0 Å². The number of hydrogen-bond donors (Lipinski definition) is 1. The van der Waals surface area contributed by atoms with Gasteiger partial charge in [0.15, 0.2) is 0 Å². The van der Waals surface area contributed by atoms with Gasteiger partial charge in [0.1, 0.15) is 11.3 Å². The summed E-state index contributed by atoms with van der Waals surface area (Å²) in [4.78, 5) is 14.6. The number of nitrogens with zero attached hydrogens (tertiary/aromatic N) is 2. The van der Waals surface area contributed by atoms with Crippen molar-refractivity contribution in [1.82, 2.24) is 10.5 Å². The van der Waals surface area contributed by atoms with Crippen LogP contribution in [0.4, 0.5) is 5.69 Å². The summed E-state index contributed by atoms with van der Waals surface area (Å²) in [5, 5.41) is 6.77. The zero-order valence-electron chi connectivity index (χ0n) is 14.0. The zero-order valence-corrected chi connectivity index (χ0v) is 14.0. The molecule has 1 aliphatic rings. The summed E-state index contributed by atoms with van der Waals surface area (Å²) in [7, 11) is 0. The quantitative estimate of drug-likeness (QED) is 0.862. The van der Waals surface area contributed by atoms with Crippen molar-refractivity contribution in [3.63, 3.8) is 0 Å². The Balaban J connectivity index is 1.49. The van der Waals surface area contributed by atoms with Gasteiger partial charge in [-0.15, -0.1) is 0 Å². The molecule has 0 aliphatic carbocycles. The molecule has 2 heterocycles. The maximum Gasteiger partial charge on any atom is 0.256 e. The lowest BCUT2D eigenvalue weighted by Gasteiger charge is -2.19. The fourth-order valence-corrected chi connectivity index (χ4v) is 3.20. The number of aromatic nitrogens is 1. The Kier molecular flexibility index (Phi) is 4.37. The first-order valence-electron chi connectivity index (χ1n) is 8.12. The zero-order chi connectivity index (χ0) is 16.4. The van der Waals surface area contributed by atoms with E-state index in [0.717, 1.165) is 25.9 Å². The molecule has 0 saturated heterocycles. The Bertz CT molecular complexity index is 702. The van der Waals surface area contributed by atoms with Crippen LogP contribution in [0.3, 0.4) is 0 Å². The SMILES string of the molecule is Cc1ccc2c(c1)CCN2CCCNC(=O)c1c(C)noc1C. The van der Waals surface area contributed by atoms with E-state index in [9.17, 15) is 4.79 Å². The van der Waals surface area contributed by atoms with Crippen molar-refractivity contribution in [3.8, 4) is 0 Å². The largest absolute Gasteiger partial charge is 0.371 e. The van der Waals surface area contributed by atoms with Gasteiger partial charge >= 0.3 is 0 Å². The Morgan fingerprint density at radius 2 is 2.17 bits per heavy atom. The van der Waals surface area contributed by atoms with Crippen molar-refractivity contribution in [1.29, 1.82) is 0 Å². The number of amides is 1. The van der Waals surface area contributed by atoms with Gasteiger partial charge in [-0.1, -0.05) is 22.9 Å². The van der Waals surface area contributed by atoms with Gasteiger partial charge in [-0.05, 0) is 45.2 Å². The van der Waals surface area contributed by atoms with E-state index in [2.05, 4.69) is 40.5 Å². The normalized spacial score (nSPS) is 13.3. The molecule has 122 valence electrons. The standard InChI is InChI=1S/C18H23N3O2/c1-12-5-6-16-15(11-12)7-10-21(16)9-4-8-19-18(22)17-13(2)20-23-14(17)3/h5-6,11H,4,7-10H2,1-3H3,(H,19,22). The summed E-state index contributed by atoms with van der Waals surface area (Å²) >= 11 is 0. The molecule has 1 aromatic carbocycles. The van der Waals surface area contributed by atoms with Gasteiger partial charge in [0.2, 0.25) is 0 Å². The molecule has 0 fully saturated rings. The van der Waals surface area contributed by atoms with Gasteiger partial charge in [0, 0.05) is 25.3 Å². The van der Waals surface area contributed by atoms with Crippen LogP contribution in [0.5, 0.6) is 0 Å². The van der Waals surface area contributed by atoms with Crippen LogP contribution < -0.4 is 10.2 Å². The van der Waals surface area contributed by atoms with Crippen LogP contribution in [-0.4, -0.2) is 30.7 Å². The van der Waals surface area contributed by atoms with E-state index < -0.39 is 0 Å². The van der Waals surface area contributed by atoms with Gasteiger partial charge in [-0.25, -0.2) is 0 Å². The number of benzene rings is 1. The predicted molar refractivity (Wildman–Crippen MR) is 90.0 cm³/mol. The van der Waals surface area contributed by atoms with E-state index in [1.807, 2.05) is 0 Å². The lowest BCUT2D eigenvalue weighted by atomic mass is 10.1. The van der Waals surface area contributed by atoms with Crippen LogP contribution in [0.2, 0.25) is 0 Å². The summed E-state index contributed by atoms with van der Waals surface area (Å²) in [5.41, 5.74) is 5.30. The summed E-state index contributed by atoms with van der Waals surface area (Å²) in [6, 6.07) is 6.64. The minimum atomic E-state index is -0.0984. The predicted octanol–water partition coefficient (Wildman–Crippen LogP) is 2.78. The first-order chi connectivity index (χ1) is 11.1. The van der Waals surface area contributed by atoms with E-state index in [1.54, 1.807) is 13.8 Å². The highest BCUT2D eigenvalue weighted by Gasteiger charge is 2.19. The van der Waals surface area contributed by atoms with Crippen LogP contribution in [0, 0.1) is 20.8 Å². The number of hydrogen-bond acceptors (Lipinski definition) is 4. The van der Waals surface area contributed by atoms with E-state index in [1.165, 1.54) is 16.8 Å². The molecule has 1 aliphatic heterocycles. The number of aryl methyl sites for hydroxylation is 3. The summed E-state index contributed by atoms with van der Waals surface area (Å²) in [6.07, 6.45) is 2.03. The van der Waals surface area contributed by atoms with Gasteiger partial charge in [0.05, 0.1) is 5.69 Å². The molecule has 1 aromatic heterocycles. The number of fused-ring (bicyclic) bond motifs is 1. The molecule has 5 nitrogen and oxygen atoms in total. The number of rotatable bonds is 5. The molecule has 0 unspecified atom stereocenters. The average molecular weight is 313 g/mol. The highest BCUT2D eigenvalue weighted by Crippen LogP contribution is 2.28. The third-order valence-electron chi connectivity index (χ3n) is 4.38. The second-order valence-corrected chi connectivity index (χ2v) is 6.18. The summed E-state index contributed by atoms with van der Waals surface area (Å²) < 4.78 is 5.03. The van der Waals surface area contributed by atoms with Crippen LogP contribution in [0.1, 0.15) is 39.4 Å². The second kappa shape index (κ2) is 6.44. The lowest BCUT2D eigenvalue weighted by Crippen LogP contribution is -2.29. The van der Waals surface area contributed by atoms with Crippen molar-refractivity contribution >= 4 is 11.6 Å². The smallest absolute Gasteiger partial charge is 0.256 e. The van der Waals surface area contributed by atoms with E-state index >= 15 is 0 Å². The molecule has 23 heavy (non-hydrogen) atoms. The molecule has 0 saturated carbocycles.